The first kappa shape index (κ1) is 12.0. The molecule has 0 radical (unpaired) electrons. The third kappa shape index (κ3) is 2.79. The predicted octanol–water partition coefficient (Wildman–Crippen LogP) is 3.49. The SMILES string of the molecule is Cc1ccc(C#N)c(N(C)CC2CCCC2)c1. The van der Waals surface area contributed by atoms with Crippen molar-refractivity contribution in [2.75, 3.05) is 18.5 Å². The van der Waals surface area contributed by atoms with Crippen LogP contribution in [-0.2, 0) is 0 Å². The fourth-order valence-electron chi connectivity index (χ4n) is 2.73. The summed E-state index contributed by atoms with van der Waals surface area (Å²) in [5.74, 6) is 0.812. The Hall–Kier alpha value is -1.49. The van der Waals surface area contributed by atoms with Gasteiger partial charge in [0.15, 0.2) is 0 Å². The van der Waals surface area contributed by atoms with E-state index in [2.05, 4.69) is 31.0 Å². The first-order chi connectivity index (χ1) is 8.20. The van der Waals surface area contributed by atoms with Crippen LogP contribution >= 0.6 is 0 Å². The molecular formula is C15H20N2. The first-order valence-corrected chi connectivity index (χ1v) is 6.42. The minimum Gasteiger partial charge on any atom is -0.373 e. The maximum absolute atomic E-state index is 9.14. The Kier molecular flexibility index (Phi) is 3.68. The molecule has 2 heteroatoms. The molecule has 0 spiro atoms. The van der Waals surface area contributed by atoms with Crippen LogP contribution < -0.4 is 4.90 Å². The van der Waals surface area contributed by atoms with E-state index in [1.807, 2.05) is 12.1 Å². The van der Waals surface area contributed by atoms with Crippen molar-refractivity contribution < 1.29 is 0 Å². The molecule has 1 fully saturated rings. The fraction of sp³-hybridized carbons (Fsp3) is 0.533. The van der Waals surface area contributed by atoms with Gasteiger partial charge in [-0.25, -0.2) is 0 Å². The molecule has 0 aliphatic heterocycles. The van der Waals surface area contributed by atoms with Crippen LogP contribution in [0.4, 0.5) is 5.69 Å². The predicted molar refractivity (Wildman–Crippen MR) is 71.1 cm³/mol. The Morgan fingerprint density at radius 2 is 2.06 bits per heavy atom. The summed E-state index contributed by atoms with van der Waals surface area (Å²) in [6.45, 7) is 3.16. The van der Waals surface area contributed by atoms with E-state index >= 15 is 0 Å². The molecular weight excluding hydrogens is 208 g/mol. The van der Waals surface area contributed by atoms with Crippen LogP contribution in [0, 0.1) is 24.2 Å². The van der Waals surface area contributed by atoms with E-state index < -0.39 is 0 Å². The Bertz CT molecular complexity index is 425. The van der Waals surface area contributed by atoms with E-state index in [4.69, 9.17) is 5.26 Å². The summed E-state index contributed by atoms with van der Waals surface area (Å²) in [5, 5.41) is 9.14. The van der Waals surface area contributed by atoms with Crippen molar-refractivity contribution in [3.05, 3.63) is 29.3 Å². The van der Waals surface area contributed by atoms with Crippen molar-refractivity contribution in [1.82, 2.24) is 0 Å². The van der Waals surface area contributed by atoms with Crippen LogP contribution in [0.5, 0.6) is 0 Å². The summed E-state index contributed by atoms with van der Waals surface area (Å²) in [5.41, 5.74) is 3.09. The lowest BCUT2D eigenvalue weighted by Gasteiger charge is -2.24. The van der Waals surface area contributed by atoms with Crippen molar-refractivity contribution in [2.45, 2.75) is 32.6 Å². The largest absolute Gasteiger partial charge is 0.373 e. The van der Waals surface area contributed by atoms with Gasteiger partial charge in [-0.05, 0) is 43.4 Å². The molecule has 0 saturated heterocycles. The van der Waals surface area contributed by atoms with Gasteiger partial charge in [0.05, 0.1) is 11.3 Å². The third-order valence-corrected chi connectivity index (χ3v) is 3.69. The maximum Gasteiger partial charge on any atom is 0.101 e. The highest BCUT2D eigenvalue weighted by molar-refractivity contribution is 5.60. The Balaban J connectivity index is 2.14. The second kappa shape index (κ2) is 5.23. The summed E-state index contributed by atoms with van der Waals surface area (Å²) < 4.78 is 0. The minimum absolute atomic E-state index is 0.788. The number of anilines is 1. The lowest BCUT2D eigenvalue weighted by atomic mass is 10.1. The minimum atomic E-state index is 0.788. The number of benzene rings is 1. The molecule has 0 heterocycles. The van der Waals surface area contributed by atoms with Crippen molar-refractivity contribution in [3.8, 4) is 6.07 Å². The second-order valence-corrected chi connectivity index (χ2v) is 5.16. The van der Waals surface area contributed by atoms with Crippen molar-refractivity contribution in [3.63, 3.8) is 0 Å². The maximum atomic E-state index is 9.14. The van der Waals surface area contributed by atoms with Gasteiger partial charge in [-0.15, -0.1) is 0 Å². The van der Waals surface area contributed by atoms with Gasteiger partial charge in [0.2, 0.25) is 0 Å². The van der Waals surface area contributed by atoms with E-state index in [0.717, 1.165) is 23.7 Å². The lowest BCUT2D eigenvalue weighted by Crippen LogP contribution is -2.24. The molecule has 2 nitrogen and oxygen atoms in total. The van der Waals surface area contributed by atoms with Crippen molar-refractivity contribution in [1.29, 1.82) is 5.26 Å². The molecule has 1 aromatic rings. The van der Waals surface area contributed by atoms with Gasteiger partial charge in [0.25, 0.3) is 0 Å². The van der Waals surface area contributed by atoms with E-state index in [0.29, 0.717) is 0 Å². The fourth-order valence-corrected chi connectivity index (χ4v) is 2.73. The number of rotatable bonds is 3. The van der Waals surface area contributed by atoms with Gasteiger partial charge in [-0.2, -0.15) is 5.26 Å². The van der Waals surface area contributed by atoms with Gasteiger partial charge in [0.1, 0.15) is 6.07 Å². The Morgan fingerprint density at radius 3 is 2.71 bits per heavy atom. The van der Waals surface area contributed by atoms with Gasteiger partial charge in [-0.1, -0.05) is 18.9 Å². The van der Waals surface area contributed by atoms with E-state index in [-0.39, 0.29) is 0 Å². The first-order valence-electron chi connectivity index (χ1n) is 6.42. The summed E-state index contributed by atoms with van der Waals surface area (Å²) >= 11 is 0. The van der Waals surface area contributed by atoms with Gasteiger partial charge >= 0.3 is 0 Å². The topological polar surface area (TPSA) is 27.0 Å². The molecule has 1 aliphatic carbocycles. The third-order valence-electron chi connectivity index (χ3n) is 3.69. The average Bonchev–Trinajstić information content (AvgIpc) is 2.81. The molecule has 90 valence electrons. The van der Waals surface area contributed by atoms with Crippen LogP contribution in [0.2, 0.25) is 0 Å². The molecule has 0 aromatic heterocycles. The standard InChI is InChI=1S/C15H20N2/c1-12-7-8-14(10-16)15(9-12)17(2)11-13-5-3-4-6-13/h7-9,13H,3-6,11H2,1-2H3. The highest BCUT2D eigenvalue weighted by Gasteiger charge is 2.18. The average molecular weight is 228 g/mol. The summed E-state index contributed by atoms with van der Waals surface area (Å²) in [6, 6.07) is 8.34. The number of hydrogen-bond acceptors (Lipinski definition) is 2. The number of nitriles is 1. The Labute approximate surface area is 104 Å². The van der Waals surface area contributed by atoms with Crippen molar-refractivity contribution >= 4 is 5.69 Å². The van der Waals surface area contributed by atoms with Gasteiger partial charge < -0.3 is 4.90 Å². The number of hydrogen-bond donors (Lipinski definition) is 0. The van der Waals surface area contributed by atoms with E-state index in [1.165, 1.54) is 31.2 Å². The zero-order valence-corrected chi connectivity index (χ0v) is 10.7. The summed E-state index contributed by atoms with van der Waals surface area (Å²) in [6.07, 6.45) is 5.44. The van der Waals surface area contributed by atoms with E-state index in [9.17, 15) is 0 Å². The highest BCUT2D eigenvalue weighted by atomic mass is 15.1. The number of aryl methyl sites for hydroxylation is 1. The summed E-state index contributed by atoms with van der Waals surface area (Å²) in [7, 11) is 2.11. The molecule has 0 atom stereocenters. The van der Waals surface area contributed by atoms with Crippen molar-refractivity contribution in [2.24, 2.45) is 5.92 Å². The van der Waals surface area contributed by atoms with Crippen LogP contribution in [0.1, 0.15) is 36.8 Å². The monoisotopic (exact) mass is 228 g/mol. The van der Waals surface area contributed by atoms with Crippen LogP contribution in [0.25, 0.3) is 0 Å². The molecule has 1 saturated carbocycles. The molecule has 17 heavy (non-hydrogen) atoms. The molecule has 1 aliphatic rings. The summed E-state index contributed by atoms with van der Waals surface area (Å²) in [4.78, 5) is 2.25. The van der Waals surface area contributed by atoms with Crippen LogP contribution in [-0.4, -0.2) is 13.6 Å². The molecule has 0 N–H and O–H groups in total. The van der Waals surface area contributed by atoms with E-state index in [1.54, 1.807) is 0 Å². The molecule has 0 amide bonds. The second-order valence-electron chi connectivity index (χ2n) is 5.16. The molecule has 0 bridgehead atoms. The molecule has 1 aromatic carbocycles. The normalized spacial score (nSPS) is 15.8. The highest BCUT2D eigenvalue weighted by Crippen LogP contribution is 2.28. The molecule has 0 unspecified atom stereocenters. The van der Waals surface area contributed by atoms with Gasteiger partial charge in [-0.3, -0.25) is 0 Å². The lowest BCUT2D eigenvalue weighted by molar-refractivity contribution is 0.547. The smallest absolute Gasteiger partial charge is 0.101 e. The zero-order chi connectivity index (χ0) is 12.3. The quantitative estimate of drug-likeness (QED) is 0.791. The van der Waals surface area contributed by atoms with Crippen LogP contribution in [0.3, 0.4) is 0 Å². The van der Waals surface area contributed by atoms with Crippen LogP contribution in [0.15, 0.2) is 18.2 Å². The zero-order valence-electron chi connectivity index (χ0n) is 10.7. The number of nitrogens with zero attached hydrogens (tertiary/aromatic N) is 2. The Morgan fingerprint density at radius 1 is 1.35 bits per heavy atom. The van der Waals surface area contributed by atoms with Gasteiger partial charge in [0, 0.05) is 13.6 Å². The molecule has 2 rings (SSSR count).